The van der Waals surface area contributed by atoms with Crippen LogP contribution in [-0.2, 0) is 11.2 Å². The molecular weight excluding hydrogens is 336 g/mol. The Morgan fingerprint density at radius 3 is 2.89 bits per heavy atom. The Hall–Kier alpha value is -2.88. The molecule has 0 fully saturated rings. The number of amides is 2. The molecule has 0 aliphatic carbocycles. The Balaban J connectivity index is 1.57. The lowest BCUT2D eigenvalue weighted by molar-refractivity contribution is -0.115. The molecule has 27 heavy (non-hydrogen) atoms. The SMILES string of the molecule is CCCC[C@H]1C=CCN1C(=O)c1cccc(-c2ccc3c(c2)CC(=O)N3)c1. The summed E-state index contributed by atoms with van der Waals surface area (Å²) in [6, 6.07) is 14.0. The molecule has 1 N–H and O–H groups in total. The van der Waals surface area contributed by atoms with Crippen LogP contribution >= 0.6 is 0 Å². The smallest absolute Gasteiger partial charge is 0.254 e. The molecule has 0 aromatic heterocycles. The van der Waals surface area contributed by atoms with Crippen molar-refractivity contribution in [3.8, 4) is 11.1 Å². The first kappa shape index (κ1) is 17.5. The van der Waals surface area contributed by atoms with Crippen molar-refractivity contribution >= 4 is 17.5 Å². The van der Waals surface area contributed by atoms with Gasteiger partial charge in [0.1, 0.15) is 0 Å². The molecule has 0 radical (unpaired) electrons. The molecule has 0 saturated heterocycles. The summed E-state index contributed by atoms with van der Waals surface area (Å²) < 4.78 is 0. The molecule has 138 valence electrons. The van der Waals surface area contributed by atoms with Gasteiger partial charge in [-0.2, -0.15) is 0 Å². The lowest BCUT2D eigenvalue weighted by atomic mass is 9.99. The van der Waals surface area contributed by atoms with Gasteiger partial charge >= 0.3 is 0 Å². The maximum atomic E-state index is 13.1. The molecule has 2 aromatic rings. The predicted molar refractivity (Wildman–Crippen MR) is 108 cm³/mol. The van der Waals surface area contributed by atoms with E-state index in [9.17, 15) is 9.59 Å². The van der Waals surface area contributed by atoms with Crippen LogP contribution in [0, 0.1) is 0 Å². The molecule has 2 aliphatic heterocycles. The van der Waals surface area contributed by atoms with E-state index < -0.39 is 0 Å². The van der Waals surface area contributed by atoms with Gasteiger partial charge in [0.25, 0.3) is 5.91 Å². The van der Waals surface area contributed by atoms with Crippen molar-refractivity contribution < 1.29 is 9.59 Å². The van der Waals surface area contributed by atoms with Crippen LogP contribution in [0.15, 0.2) is 54.6 Å². The largest absolute Gasteiger partial charge is 0.328 e. The molecule has 4 heteroatoms. The Bertz CT molecular complexity index is 916. The maximum Gasteiger partial charge on any atom is 0.254 e. The summed E-state index contributed by atoms with van der Waals surface area (Å²) in [6.45, 7) is 2.86. The van der Waals surface area contributed by atoms with E-state index >= 15 is 0 Å². The molecule has 4 rings (SSSR count). The van der Waals surface area contributed by atoms with E-state index in [1.54, 1.807) is 0 Å². The first-order chi connectivity index (χ1) is 13.2. The molecule has 4 nitrogen and oxygen atoms in total. The number of nitrogens with one attached hydrogen (secondary N) is 1. The standard InChI is InChI=1S/C23H24N2O2/c1-2-3-8-20-9-5-12-25(20)23(27)18-7-4-6-16(13-18)17-10-11-21-19(14-17)15-22(26)24-21/h4-7,9-11,13-14,20H,2-3,8,12,15H2,1H3,(H,24,26)/t20-/m0/s1. The number of nitrogens with zero attached hydrogens (tertiary/aromatic N) is 1. The second kappa shape index (κ2) is 7.39. The van der Waals surface area contributed by atoms with Crippen LogP contribution in [0.4, 0.5) is 5.69 Å². The van der Waals surface area contributed by atoms with E-state index in [2.05, 4.69) is 24.4 Å². The first-order valence-electron chi connectivity index (χ1n) is 9.66. The molecular formula is C23H24N2O2. The van der Waals surface area contributed by atoms with Crippen molar-refractivity contribution in [2.45, 2.75) is 38.6 Å². The van der Waals surface area contributed by atoms with Gasteiger partial charge in [0, 0.05) is 17.8 Å². The van der Waals surface area contributed by atoms with Gasteiger partial charge in [-0.05, 0) is 47.4 Å². The number of hydrogen-bond donors (Lipinski definition) is 1. The van der Waals surface area contributed by atoms with Crippen molar-refractivity contribution in [2.24, 2.45) is 0 Å². The minimum Gasteiger partial charge on any atom is -0.328 e. The summed E-state index contributed by atoms with van der Waals surface area (Å²) >= 11 is 0. The second-order valence-corrected chi connectivity index (χ2v) is 7.27. The highest BCUT2D eigenvalue weighted by Gasteiger charge is 2.25. The fourth-order valence-electron chi connectivity index (χ4n) is 3.88. The summed E-state index contributed by atoms with van der Waals surface area (Å²) in [5, 5.41) is 2.86. The number of carbonyl (C=O) groups excluding carboxylic acids is 2. The predicted octanol–water partition coefficient (Wildman–Crippen LogP) is 4.42. The van der Waals surface area contributed by atoms with E-state index in [0.29, 0.717) is 18.5 Å². The molecule has 0 saturated carbocycles. The van der Waals surface area contributed by atoms with Gasteiger partial charge < -0.3 is 10.2 Å². The van der Waals surface area contributed by atoms with E-state index in [-0.39, 0.29) is 17.9 Å². The van der Waals surface area contributed by atoms with Crippen molar-refractivity contribution in [1.29, 1.82) is 0 Å². The number of carbonyl (C=O) groups is 2. The third-order valence-electron chi connectivity index (χ3n) is 5.35. The quantitative estimate of drug-likeness (QED) is 0.803. The minimum atomic E-state index is 0.0331. The Morgan fingerprint density at radius 1 is 1.19 bits per heavy atom. The summed E-state index contributed by atoms with van der Waals surface area (Å²) in [4.78, 5) is 26.6. The lowest BCUT2D eigenvalue weighted by Crippen LogP contribution is -2.36. The third-order valence-corrected chi connectivity index (χ3v) is 5.35. The highest BCUT2D eigenvalue weighted by molar-refractivity contribution is 6.00. The van der Waals surface area contributed by atoms with Gasteiger partial charge in [0.15, 0.2) is 0 Å². The third kappa shape index (κ3) is 3.52. The lowest BCUT2D eigenvalue weighted by Gasteiger charge is -2.25. The van der Waals surface area contributed by atoms with Gasteiger partial charge in [-0.1, -0.05) is 50.1 Å². The van der Waals surface area contributed by atoms with Crippen LogP contribution in [0.5, 0.6) is 0 Å². The van der Waals surface area contributed by atoms with Crippen molar-refractivity contribution in [2.75, 3.05) is 11.9 Å². The minimum absolute atomic E-state index is 0.0331. The highest BCUT2D eigenvalue weighted by Crippen LogP contribution is 2.30. The van der Waals surface area contributed by atoms with Crippen LogP contribution in [0.25, 0.3) is 11.1 Å². The Morgan fingerprint density at radius 2 is 2.04 bits per heavy atom. The molecule has 2 aliphatic rings. The summed E-state index contributed by atoms with van der Waals surface area (Å²) in [6.07, 6.45) is 7.94. The van der Waals surface area contributed by atoms with Crippen LogP contribution in [0.2, 0.25) is 0 Å². The molecule has 1 atom stereocenters. The maximum absolute atomic E-state index is 13.1. The molecule has 2 amide bonds. The number of anilines is 1. The Kier molecular flexibility index (Phi) is 4.80. The zero-order valence-electron chi connectivity index (χ0n) is 15.6. The number of fused-ring (bicyclic) bond motifs is 1. The van der Waals surface area contributed by atoms with E-state index in [1.807, 2.05) is 47.4 Å². The van der Waals surface area contributed by atoms with Crippen LogP contribution < -0.4 is 5.32 Å². The number of benzene rings is 2. The summed E-state index contributed by atoms with van der Waals surface area (Å²) in [5.41, 5.74) is 4.64. The average Bonchev–Trinajstić information content (AvgIpc) is 3.30. The number of hydrogen-bond acceptors (Lipinski definition) is 2. The molecule has 0 unspecified atom stereocenters. The molecule has 0 bridgehead atoms. The summed E-state index contributed by atoms with van der Waals surface area (Å²) in [5.74, 6) is 0.117. The fourth-order valence-corrected chi connectivity index (χ4v) is 3.88. The monoisotopic (exact) mass is 360 g/mol. The molecule has 0 spiro atoms. The zero-order chi connectivity index (χ0) is 18.8. The fraction of sp³-hybridized carbons (Fsp3) is 0.304. The van der Waals surface area contributed by atoms with Crippen molar-refractivity contribution in [1.82, 2.24) is 4.90 Å². The van der Waals surface area contributed by atoms with E-state index in [1.165, 1.54) is 0 Å². The van der Waals surface area contributed by atoms with E-state index in [0.717, 1.165) is 41.6 Å². The Labute approximate surface area is 159 Å². The molecule has 2 aromatic carbocycles. The van der Waals surface area contributed by atoms with Gasteiger partial charge in [-0.15, -0.1) is 0 Å². The van der Waals surface area contributed by atoms with Crippen molar-refractivity contribution in [3.05, 3.63) is 65.7 Å². The van der Waals surface area contributed by atoms with Crippen LogP contribution in [-0.4, -0.2) is 29.3 Å². The average molecular weight is 360 g/mol. The van der Waals surface area contributed by atoms with Crippen LogP contribution in [0.1, 0.15) is 42.1 Å². The number of unbranched alkanes of at least 4 members (excludes halogenated alkanes) is 1. The topological polar surface area (TPSA) is 49.4 Å². The van der Waals surface area contributed by atoms with Gasteiger partial charge in [0.2, 0.25) is 5.91 Å². The van der Waals surface area contributed by atoms with Gasteiger partial charge in [0.05, 0.1) is 12.5 Å². The van der Waals surface area contributed by atoms with Gasteiger partial charge in [-0.3, -0.25) is 9.59 Å². The van der Waals surface area contributed by atoms with Crippen molar-refractivity contribution in [3.63, 3.8) is 0 Å². The highest BCUT2D eigenvalue weighted by atomic mass is 16.2. The number of rotatable bonds is 5. The molecule has 2 heterocycles. The van der Waals surface area contributed by atoms with Crippen LogP contribution in [0.3, 0.4) is 0 Å². The normalized spacial score (nSPS) is 17.9. The first-order valence-corrected chi connectivity index (χ1v) is 9.66. The van der Waals surface area contributed by atoms with Gasteiger partial charge in [-0.25, -0.2) is 0 Å². The zero-order valence-corrected chi connectivity index (χ0v) is 15.6. The summed E-state index contributed by atoms with van der Waals surface area (Å²) in [7, 11) is 0. The second-order valence-electron chi connectivity index (χ2n) is 7.27. The van der Waals surface area contributed by atoms with E-state index in [4.69, 9.17) is 0 Å².